The highest BCUT2D eigenvalue weighted by Gasteiger charge is 2.31. The third kappa shape index (κ3) is 3.15. The molecule has 0 amide bonds. The van der Waals surface area contributed by atoms with Crippen molar-refractivity contribution in [2.75, 3.05) is 17.6 Å². The zero-order valence-corrected chi connectivity index (χ0v) is 12.9. The maximum atomic E-state index is 12.2. The minimum atomic E-state index is -3.22. The second kappa shape index (κ2) is 6.14. The SMILES string of the molecule is CCS(=O)(=O)c1ccccc1NC1(CN)CCCCC1. The van der Waals surface area contributed by atoms with Gasteiger partial charge < -0.3 is 11.1 Å². The van der Waals surface area contributed by atoms with E-state index in [1.165, 1.54) is 6.42 Å². The highest BCUT2D eigenvalue weighted by atomic mass is 32.2. The Kier molecular flexibility index (Phi) is 4.70. The van der Waals surface area contributed by atoms with E-state index in [2.05, 4.69) is 5.32 Å². The molecule has 0 atom stereocenters. The van der Waals surface area contributed by atoms with Gasteiger partial charge >= 0.3 is 0 Å². The molecule has 0 aliphatic heterocycles. The van der Waals surface area contributed by atoms with E-state index in [1.807, 2.05) is 12.1 Å². The second-order valence-electron chi connectivity index (χ2n) is 5.57. The lowest BCUT2D eigenvalue weighted by Crippen LogP contribution is -2.47. The molecule has 1 aliphatic rings. The number of sulfone groups is 1. The molecule has 5 heteroatoms. The molecule has 2 rings (SSSR count). The maximum Gasteiger partial charge on any atom is 0.180 e. The molecule has 20 heavy (non-hydrogen) atoms. The number of benzene rings is 1. The van der Waals surface area contributed by atoms with E-state index in [4.69, 9.17) is 5.73 Å². The summed E-state index contributed by atoms with van der Waals surface area (Å²) in [6.07, 6.45) is 5.53. The van der Waals surface area contributed by atoms with E-state index in [9.17, 15) is 8.42 Å². The highest BCUT2D eigenvalue weighted by molar-refractivity contribution is 7.91. The van der Waals surface area contributed by atoms with Gasteiger partial charge in [0, 0.05) is 12.1 Å². The van der Waals surface area contributed by atoms with Crippen LogP contribution in [-0.2, 0) is 9.84 Å². The molecule has 0 bridgehead atoms. The predicted molar refractivity (Wildman–Crippen MR) is 82.7 cm³/mol. The van der Waals surface area contributed by atoms with Crippen LogP contribution in [0.15, 0.2) is 29.2 Å². The van der Waals surface area contributed by atoms with Gasteiger partial charge in [-0.05, 0) is 25.0 Å². The zero-order valence-electron chi connectivity index (χ0n) is 12.1. The van der Waals surface area contributed by atoms with Gasteiger partial charge in [-0.25, -0.2) is 8.42 Å². The average Bonchev–Trinajstić information content (AvgIpc) is 2.48. The molecular formula is C15H24N2O2S. The van der Waals surface area contributed by atoms with Crippen molar-refractivity contribution in [1.29, 1.82) is 0 Å². The Morgan fingerprint density at radius 3 is 2.45 bits per heavy atom. The van der Waals surface area contributed by atoms with Gasteiger partial charge in [-0.1, -0.05) is 38.3 Å². The summed E-state index contributed by atoms with van der Waals surface area (Å²) < 4.78 is 24.4. The Bertz CT molecular complexity index is 549. The summed E-state index contributed by atoms with van der Waals surface area (Å²) in [7, 11) is -3.22. The Labute approximate surface area is 121 Å². The molecule has 0 saturated heterocycles. The average molecular weight is 296 g/mol. The topological polar surface area (TPSA) is 72.2 Å². The van der Waals surface area contributed by atoms with Crippen LogP contribution in [0.1, 0.15) is 39.0 Å². The highest BCUT2D eigenvalue weighted by Crippen LogP contribution is 2.33. The lowest BCUT2D eigenvalue weighted by Gasteiger charge is -2.38. The van der Waals surface area contributed by atoms with E-state index in [0.29, 0.717) is 17.1 Å². The normalized spacial score (nSPS) is 18.7. The first-order chi connectivity index (χ1) is 9.53. The maximum absolute atomic E-state index is 12.2. The van der Waals surface area contributed by atoms with Gasteiger partial charge in [-0.15, -0.1) is 0 Å². The summed E-state index contributed by atoms with van der Waals surface area (Å²) in [6, 6.07) is 7.15. The van der Waals surface area contributed by atoms with Crippen molar-refractivity contribution < 1.29 is 8.42 Å². The summed E-state index contributed by atoms with van der Waals surface area (Å²) in [5.41, 5.74) is 6.51. The summed E-state index contributed by atoms with van der Waals surface area (Å²) in [4.78, 5) is 0.390. The number of para-hydroxylation sites is 1. The van der Waals surface area contributed by atoms with E-state index in [0.717, 1.165) is 25.7 Å². The Hall–Kier alpha value is -1.07. The van der Waals surface area contributed by atoms with Gasteiger partial charge in [0.2, 0.25) is 0 Å². The first kappa shape index (κ1) is 15.3. The number of anilines is 1. The first-order valence-electron chi connectivity index (χ1n) is 7.33. The largest absolute Gasteiger partial charge is 0.377 e. The van der Waals surface area contributed by atoms with E-state index < -0.39 is 9.84 Å². The Morgan fingerprint density at radius 1 is 1.20 bits per heavy atom. The minimum Gasteiger partial charge on any atom is -0.377 e. The van der Waals surface area contributed by atoms with Crippen LogP contribution < -0.4 is 11.1 Å². The third-order valence-corrected chi connectivity index (χ3v) is 5.99. The Balaban J connectivity index is 2.34. The zero-order chi connectivity index (χ0) is 14.6. The molecule has 3 N–H and O–H groups in total. The number of hydrogen-bond donors (Lipinski definition) is 2. The molecule has 1 aliphatic carbocycles. The van der Waals surface area contributed by atoms with Crippen LogP contribution in [0.2, 0.25) is 0 Å². The monoisotopic (exact) mass is 296 g/mol. The van der Waals surface area contributed by atoms with E-state index >= 15 is 0 Å². The van der Waals surface area contributed by atoms with Crippen LogP contribution in [0.5, 0.6) is 0 Å². The summed E-state index contributed by atoms with van der Waals surface area (Å²) in [5, 5.41) is 3.45. The number of nitrogens with one attached hydrogen (secondary N) is 1. The molecule has 1 aromatic carbocycles. The van der Waals surface area contributed by atoms with Gasteiger partial charge in [-0.3, -0.25) is 0 Å². The van der Waals surface area contributed by atoms with Crippen LogP contribution in [-0.4, -0.2) is 26.3 Å². The number of nitrogens with two attached hydrogens (primary N) is 1. The van der Waals surface area contributed by atoms with Gasteiger partial charge in [-0.2, -0.15) is 0 Å². The molecule has 0 heterocycles. The molecule has 1 aromatic rings. The van der Waals surface area contributed by atoms with E-state index in [1.54, 1.807) is 19.1 Å². The first-order valence-corrected chi connectivity index (χ1v) is 8.98. The molecule has 0 radical (unpaired) electrons. The standard InChI is InChI=1S/C15H24N2O2S/c1-2-20(18,19)14-9-5-4-8-13(14)17-15(12-16)10-6-3-7-11-15/h4-5,8-9,17H,2-3,6-7,10-12,16H2,1H3. The van der Waals surface area contributed by atoms with Crippen molar-refractivity contribution in [3.05, 3.63) is 24.3 Å². The lowest BCUT2D eigenvalue weighted by atomic mass is 9.81. The van der Waals surface area contributed by atoms with Crippen molar-refractivity contribution in [3.63, 3.8) is 0 Å². The van der Waals surface area contributed by atoms with Crippen LogP contribution in [0.25, 0.3) is 0 Å². The molecule has 0 aromatic heterocycles. The molecule has 1 fully saturated rings. The molecule has 4 nitrogen and oxygen atoms in total. The smallest absolute Gasteiger partial charge is 0.180 e. The van der Waals surface area contributed by atoms with Crippen LogP contribution in [0.3, 0.4) is 0 Å². The van der Waals surface area contributed by atoms with Crippen molar-refractivity contribution in [2.24, 2.45) is 5.73 Å². The van der Waals surface area contributed by atoms with Crippen LogP contribution >= 0.6 is 0 Å². The van der Waals surface area contributed by atoms with E-state index in [-0.39, 0.29) is 11.3 Å². The molecule has 0 spiro atoms. The minimum absolute atomic E-state index is 0.112. The van der Waals surface area contributed by atoms with Crippen molar-refractivity contribution in [1.82, 2.24) is 0 Å². The van der Waals surface area contributed by atoms with Gasteiger partial charge in [0.25, 0.3) is 0 Å². The summed E-state index contributed by atoms with van der Waals surface area (Å²) >= 11 is 0. The number of hydrogen-bond acceptors (Lipinski definition) is 4. The van der Waals surface area contributed by atoms with Gasteiger partial charge in [0.05, 0.1) is 16.3 Å². The predicted octanol–water partition coefficient (Wildman–Crippen LogP) is 2.55. The van der Waals surface area contributed by atoms with Crippen LogP contribution in [0, 0.1) is 0 Å². The van der Waals surface area contributed by atoms with Crippen molar-refractivity contribution in [2.45, 2.75) is 49.5 Å². The molecule has 0 unspecified atom stereocenters. The summed E-state index contributed by atoms with van der Waals surface area (Å²) in [6.45, 7) is 2.21. The second-order valence-corrected chi connectivity index (χ2v) is 7.82. The fourth-order valence-electron chi connectivity index (χ4n) is 2.89. The van der Waals surface area contributed by atoms with Crippen molar-refractivity contribution in [3.8, 4) is 0 Å². The molecular weight excluding hydrogens is 272 g/mol. The van der Waals surface area contributed by atoms with Crippen molar-refractivity contribution >= 4 is 15.5 Å². The van der Waals surface area contributed by atoms with Crippen LogP contribution in [0.4, 0.5) is 5.69 Å². The molecule has 112 valence electrons. The third-order valence-electron chi connectivity index (χ3n) is 4.20. The lowest BCUT2D eigenvalue weighted by molar-refractivity contribution is 0.330. The summed E-state index contributed by atoms with van der Waals surface area (Å²) in [5.74, 6) is 0.112. The Morgan fingerprint density at radius 2 is 1.85 bits per heavy atom. The van der Waals surface area contributed by atoms with Gasteiger partial charge in [0.1, 0.15) is 0 Å². The molecule has 1 saturated carbocycles. The fraction of sp³-hybridized carbons (Fsp3) is 0.600. The fourth-order valence-corrected chi connectivity index (χ4v) is 3.94. The quantitative estimate of drug-likeness (QED) is 0.876. The van der Waals surface area contributed by atoms with Gasteiger partial charge in [0.15, 0.2) is 9.84 Å². The number of rotatable bonds is 5.